The van der Waals surface area contributed by atoms with Crippen molar-refractivity contribution in [3.63, 3.8) is 0 Å². The molecule has 0 fully saturated rings. The van der Waals surface area contributed by atoms with Gasteiger partial charge in [-0.25, -0.2) is 9.67 Å². The number of ether oxygens (including phenoxy) is 1. The van der Waals surface area contributed by atoms with E-state index in [4.69, 9.17) is 16.3 Å². The van der Waals surface area contributed by atoms with E-state index in [1.165, 1.54) is 0 Å². The average Bonchev–Trinajstić information content (AvgIpc) is 2.79. The summed E-state index contributed by atoms with van der Waals surface area (Å²) in [6, 6.07) is 7.57. The van der Waals surface area contributed by atoms with Crippen molar-refractivity contribution < 1.29 is 9.53 Å². The van der Waals surface area contributed by atoms with Gasteiger partial charge < -0.3 is 4.74 Å². The van der Waals surface area contributed by atoms with Crippen LogP contribution >= 0.6 is 11.6 Å². The molecule has 5 nitrogen and oxygen atoms in total. The summed E-state index contributed by atoms with van der Waals surface area (Å²) in [7, 11) is 1.62. The molecule has 0 bridgehead atoms. The van der Waals surface area contributed by atoms with Gasteiger partial charge in [0.05, 0.1) is 19.5 Å². The van der Waals surface area contributed by atoms with Crippen LogP contribution in [-0.4, -0.2) is 33.5 Å². The summed E-state index contributed by atoms with van der Waals surface area (Å²) in [5, 5.41) is 4.21. The average molecular weight is 280 g/mol. The number of methoxy groups -OCH3 is 1. The van der Waals surface area contributed by atoms with Crippen molar-refractivity contribution in [2.45, 2.75) is 13.5 Å². The Morgan fingerprint density at radius 1 is 1.37 bits per heavy atom. The third kappa shape index (κ3) is 3.12. The van der Waals surface area contributed by atoms with Crippen LogP contribution in [0.2, 0.25) is 0 Å². The first kappa shape index (κ1) is 13.5. The number of rotatable bonds is 5. The second-order valence-corrected chi connectivity index (χ2v) is 4.31. The smallest absolute Gasteiger partial charge is 0.214 e. The quantitative estimate of drug-likeness (QED) is 0.621. The van der Waals surface area contributed by atoms with Gasteiger partial charge in [-0.3, -0.25) is 4.79 Å². The molecule has 0 atom stereocenters. The van der Waals surface area contributed by atoms with E-state index in [0.29, 0.717) is 18.2 Å². The molecule has 6 heteroatoms. The van der Waals surface area contributed by atoms with E-state index in [1.807, 2.05) is 24.3 Å². The molecule has 0 N–H and O–H groups in total. The molecule has 2 rings (SSSR count). The third-order valence-corrected chi connectivity index (χ3v) is 2.88. The summed E-state index contributed by atoms with van der Waals surface area (Å²) >= 11 is 5.56. The summed E-state index contributed by atoms with van der Waals surface area (Å²) in [5.41, 5.74) is 1.01. The molecule has 0 saturated heterocycles. The molecule has 0 aliphatic heterocycles. The number of ketones is 1. The van der Waals surface area contributed by atoms with Gasteiger partial charge in [-0.05, 0) is 24.6 Å². The lowest BCUT2D eigenvalue weighted by atomic mass is 10.2. The lowest BCUT2D eigenvalue weighted by Crippen LogP contribution is -2.13. The van der Waals surface area contributed by atoms with Crippen LogP contribution in [0.1, 0.15) is 22.0 Å². The van der Waals surface area contributed by atoms with Gasteiger partial charge in [0.25, 0.3) is 0 Å². The fraction of sp³-hybridized carbons (Fsp3) is 0.308. The Morgan fingerprint density at radius 2 is 2.05 bits per heavy atom. The van der Waals surface area contributed by atoms with Gasteiger partial charge in [0.15, 0.2) is 5.82 Å². The molecule has 0 radical (unpaired) electrons. The number of alkyl halides is 1. The standard InChI is InChI=1S/C13H14ClN3O2/c1-9-15-13(12(18)7-14)17(16-9)8-10-3-5-11(19-2)6-4-10/h3-6H,7-8H2,1-2H3. The minimum Gasteiger partial charge on any atom is -0.497 e. The normalized spacial score (nSPS) is 10.5. The second kappa shape index (κ2) is 5.84. The zero-order chi connectivity index (χ0) is 13.8. The summed E-state index contributed by atoms with van der Waals surface area (Å²) < 4.78 is 6.67. The number of hydrogen-bond donors (Lipinski definition) is 0. The monoisotopic (exact) mass is 279 g/mol. The molecule has 0 aliphatic carbocycles. The van der Waals surface area contributed by atoms with Crippen molar-refractivity contribution in [2.75, 3.05) is 13.0 Å². The van der Waals surface area contributed by atoms with Crippen LogP contribution in [0.25, 0.3) is 0 Å². The third-order valence-electron chi connectivity index (χ3n) is 2.64. The number of aryl methyl sites for hydroxylation is 1. The topological polar surface area (TPSA) is 57.0 Å². The first-order valence-electron chi connectivity index (χ1n) is 5.77. The number of carbonyl (C=O) groups is 1. The van der Waals surface area contributed by atoms with E-state index in [0.717, 1.165) is 11.3 Å². The van der Waals surface area contributed by atoms with Crippen LogP contribution in [-0.2, 0) is 6.54 Å². The molecule has 2 aromatic rings. The summed E-state index contributed by atoms with van der Waals surface area (Å²) in [5.74, 6) is 1.32. The Hall–Kier alpha value is -1.88. The van der Waals surface area contributed by atoms with E-state index in [9.17, 15) is 4.79 Å². The number of hydrogen-bond acceptors (Lipinski definition) is 4. The number of Topliss-reactive ketones (excluding diaryl/α,β-unsaturated/α-hetero) is 1. The Balaban J connectivity index is 2.24. The molecular weight excluding hydrogens is 266 g/mol. The van der Waals surface area contributed by atoms with E-state index in [-0.39, 0.29) is 11.7 Å². The Morgan fingerprint density at radius 3 is 2.63 bits per heavy atom. The largest absolute Gasteiger partial charge is 0.497 e. The van der Waals surface area contributed by atoms with Crippen molar-refractivity contribution in [1.29, 1.82) is 0 Å². The summed E-state index contributed by atoms with van der Waals surface area (Å²) in [6.07, 6.45) is 0. The lowest BCUT2D eigenvalue weighted by Gasteiger charge is -2.05. The number of aromatic nitrogens is 3. The van der Waals surface area contributed by atoms with Gasteiger partial charge in [-0.1, -0.05) is 12.1 Å². The van der Waals surface area contributed by atoms with E-state index < -0.39 is 0 Å². The maximum Gasteiger partial charge on any atom is 0.214 e. The lowest BCUT2D eigenvalue weighted by molar-refractivity contribution is 0.100. The van der Waals surface area contributed by atoms with Crippen LogP contribution in [0.4, 0.5) is 0 Å². The fourth-order valence-corrected chi connectivity index (χ4v) is 1.86. The number of carbonyl (C=O) groups excluding carboxylic acids is 1. The maximum absolute atomic E-state index is 11.7. The van der Waals surface area contributed by atoms with Gasteiger partial charge in [0.1, 0.15) is 11.6 Å². The number of benzene rings is 1. The van der Waals surface area contributed by atoms with Crippen molar-refractivity contribution in [2.24, 2.45) is 0 Å². The molecule has 0 saturated carbocycles. The second-order valence-electron chi connectivity index (χ2n) is 4.05. The summed E-state index contributed by atoms with van der Waals surface area (Å²) in [6.45, 7) is 2.22. The van der Waals surface area contributed by atoms with E-state index in [2.05, 4.69) is 10.1 Å². The number of nitrogens with zero attached hydrogens (tertiary/aromatic N) is 3. The maximum atomic E-state index is 11.7. The van der Waals surface area contributed by atoms with Crippen molar-refractivity contribution in [1.82, 2.24) is 14.8 Å². The highest BCUT2D eigenvalue weighted by atomic mass is 35.5. The highest BCUT2D eigenvalue weighted by Gasteiger charge is 2.15. The molecule has 100 valence electrons. The SMILES string of the molecule is COc1ccc(Cn2nc(C)nc2C(=O)CCl)cc1. The van der Waals surface area contributed by atoms with Crippen LogP contribution in [0, 0.1) is 6.92 Å². The van der Waals surface area contributed by atoms with Crippen LogP contribution < -0.4 is 4.74 Å². The van der Waals surface area contributed by atoms with E-state index in [1.54, 1.807) is 18.7 Å². The first-order chi connectivity index (χ1) is 9.13. The Kier molecular flexibility index (Phi) is 4.16. The zero-order valence-electron chi connectivity index (χ0n) is 10.8. The fourth-order valence-electron chi connectivity index (χ4n) is 1.74. The minimum absolute atomic E-state index is 0.0965. The van der Waals surface area contributed by atoms with Crippen molar-refractivity contribution in [3.8, 4) is 5.75 Å². The first-order valence-corrected chi connectivity index (χ1v) is 6.31. The molecule has 0 unspecified atom stereocenters. The number of halogens is 1. The molecule has 0 amide bonds. The van der Waals surface area contributed by atoms with Crippen LogP contribution in [0.15, 0.2) is 24.3 Å². The molecule has 1 aromatic carbocycles. The van der Waals surface area contributed by atoms with Crippen LogP contribution in [0.3, 0.4) is 0 Å². The van der Waals surface area contributed by atoms with E-state index >= 15 is 0 Å². The van der Waals surface area contributed by atoms with Gasteiger partial charge in [-0.15, -0.1) is 11.6 Å². The molecule has 0 spiro atoms. The minimum atomic E-state index is -0.226. The van der Waals surface area contributed by atoms with Gasteiger partial charge in [0, 0.05) is 0 Å². The molecule has 0 aliphatic rings. The Labute approximate surface area is 116 Å². The predicted octanol–water partition coefficient (Wildman–Crippen LogP) is 2.06. The molecule has 19 heavy (non-hydrogen) atoms. The summed E-state index contributed by atoms with van der Waals surface area (Å²) in [4.78, 5) is 15.8. The molecule has 1 heterocycles. The highest BCUT2D eigenvalue weighted by Crippen LogP contribution is 2.13. The van der Waals surface area contributed by atoms with Gasteiger partial charge in [0.2, 0.25) is 5.78 Å². The van der Waals surface area contributed by atoms with Crippen molar-refractivity contribution >= 4 is 17.4 Å². The zero-order valence-corrected chi connectivity index (χ0v) is 11.5. The highest BCUT2D eigenvalue weighted by molar-refractivity contribution is 6.29. The van der Waals surface area contributed by atoms with Crippen LogP contribution in [0.5, 0.6) is 5.75 Å². The molecule has 1 aromatic heterocycles. The van der Waals surface area contributed by atoms with Crippen molar-refractivity contribution in [3.05, 3.63) is 41.5 Å². The molecular formula is C13H14ClN3O2. The van der Waals surface area contributed by atoms with Gasteiger partial charge >= 0.3 is 0 Å². The predicted molar refractivity (Wildman–Crippen MR) is 71.9 cm³/mol. The van der Waals surface area contributed by atoms with Gasteiger partial charge in [-0.2, -0.15) is 5.10 Å². The Bertz CT molecular complexity index is 578.